The number of hydrogen-bond acceptors (Lipinski definition) is 3. The van der Waals surface area contributed by atoms with Crippen molar-refractivity contribution < 1.29 is 15.1 Å². The van der Waals surface area contributed by atoms with E-state index in [1.54, 1.807) is 0 Å². The van der Waals surface area contributed by atoms with Crippen molar-refractivity contribution in [1.29, 1.82) is 0 Å². The third kappa shape index (κ3) is 2.67. The van der Waals surface area contributed by atoms with E-state index in [4.69, 9.17) is 5.11 Å². The van der Waals surface area contributed by atoms with Gasteiger partial charge >= 0.3 is 5.97 Å². The SMILES string of the molecule is C[C@@H](C(=O)O)N(O)C1CCCCC1. The van der Waals surface area contributed by atoms with Crippen LogP contribution in [0, 0.1) is 0 Å². The van der Waals surface area contributed by atoms with Crippen molar-refractivity contribution in [1.82, 2.24) is 5.06 Å². The van der Waals surface area contributed by atoms with E-state index < -0.39 is 12.0 Å². The number of rotatable bonds is 3. The molecule has 0 amide bonds. The Morgan fingerprint density at radius 2 is 1.92 bits per heavy atom. The van der Waals surface area contributed by atoms with Gasteiger partial charge in [-0.05, 0) is 19.8 Å². The second-order valence-electron chi connectivity index (χ2n) is 3.69. The van der Waals surface area contributed by atoms with Crippen LogP contribution in [0.1, 0.15) is 39.0 Å². The lowest BCUT2D eigenvalue weighted by Gasteiger charge is -2.31. The molecule has 2 N–H and O–H groups in total. The average Bonchev–Trinajstić information content (AvgIpc) is 2.17. The molecule has 76 valence electrons. The minimum Gasteiger partial charge on any atom is -0.480 e. The number of carboxylic acid groups (broad SMARTS) is 1. The first-order valence-corrected chi connectivity index (χ1v) is 4.83. The van der Waals surface area contributed by atoms with E-state index in [9.17, 15) is 10.0 Å². The lowest BCUT2D eigenvalue weighted by Crippen LogP contribution is -2.44. The van der Waals surface area contributed by atoms with Crippen molar-refractivity contribution >= 4 is 5.97 Å². The van der Waals surface area contributed by atoms with Crippen LogP contribution < -0.4 is 0 Å². The molecule has 0 aliphatic heterocycles. The Morgan fingerprint density at radius 1 is 1.38 bits per heavy atom. The molecule has 0 aromatic carbocycles. The number of carboxylic acids is 1. The monoisotopic (exact) mass is 187 g/mol. The minimum atomic E-state index is -0.965. The maximum Gasteiger partial charge on any atom is 0.323 e. The van der Waals surface area contributed by atoms with Gasteiger partial charge in [0.2, 0.25) is 0 Å². The summed E-state index contributed by atoms with van der Waals surface area (Å²) >= 11 is 0. The van der Waals surface area contributed by atoms with Gasteiger partial charge in [-0.1, -0.05) is 19.3 Å². The summed E-state index contributed by atoms with van der Waals surface area (Å²) in [7, 11) is 0. The van der Waals surface area contributed by atoms with Gasteiger partial charge in [0.25, 0.3) is 0 Å². The van der Waals surface area contributed by atoms with E-state index in [-0.39, 0.29) is 6.04 Å². The van der Waals surface area contributed by atoms with Crippen LogP contribution in [0.25, 0.3) is 0 Å². The van der Waals surface area contributed by atoms with Crippen LogP contribution in [0.5, 0.6) is 0 Å². The highest BCUT2D eigenvalue weighted by Gasteiger charge is 2.27. The van der Waals surface area contributed by atoms with Gasteiger partial charge in [-0.15, -0.1) is 0 Å². The molecule has 0 unspecified atom stereocenters. The average molecular weight is 187 g/mol. The Balaban J connectivity index is 2.44. The zero-order chi connectivity index (χ0) is 9.84. The first kappa shape index (κ1) is 10.5. The summed E-state index contributed by atoms with van der Waals surface area (Å²) in [4.78, 5) is 10.6. The first-order chi connectivity index (χ1) is 6.13. The number of aliphatic carboxylic acids is 1. The normalized spacial score (nSPS) is 21.8. The Labute approximate surface area is 78.1 Å². The van der Waals surface area contributed by atoms with Gasteiger partial charge in [0.05, 0.1) is 0 Å². The van der Waals surface area contributed by atoms with Gasteiger partial charge in [-0.25, -0.2) is 0 Å². The van der Waals surface area contributed by atoms with Crippen LogP contribution in [-0.2, 0) is 4.79 Å². The lowest BCUT2D eigenvalue weighted by molar-refractivity contribution is -0.184. The minimum absolute atomic E-state index is 0.0415. The largest absolute Gasteiger partial charge is 0.480 e. The third-order valence-electron chi connectivity index (χ3n) is 2.70. The Bertz CT molecular complexity index is 178. The standard InChI is InChI=1S/C9H17NO3/c1-7(9(11)12)10(13)8-5-3-2-4-6-8/h7-8,13H,2-6H2,1H3,(H,11,12)/t7-/m0/s1. The molecule has 0 bridgehead atoms. The smallest absolute Gasteiger partial charge is 0.323 e. The second kappa shape index (κ2) is 4.58. The molecule has 1 saturated carbocycles. The molecule has 13 heavy (non-hydrogen) atoms. The van der Waals surface area contributed by atoms with Crippen LogP contribution >= 0.6 is 0 Å². The number of hydroxylamine groups is 2. The molecule has 0 aromatic heterocycles. The molecular formula is C9H17NO3. The van der Waals surface area contributed by atoms with E-state index in [1.807, 2.05) is 0 Å². The molecule has 0 spiro atoms. The zero-order valence-electron chi connectivity index (χ0n) is 7.94. The fourth-order valence-electron chi connectivity index (χ4n) is 1.77. The predicted molar refractivity (Wildman–Crippen MR) is 47.6 cm³/mol. The van der Waals surface area contributed by atoms with Crippen molar-refractivity contribution in [3.63, 3.8) is 0 Å². The maximum absolute atomic E-state index is 10.6. The Kier molecular flexibility index (Phi) is 3.69. The van der Waals surface area contributed by atoms with Crippen molar-refractivity contribution in [2.45, 2.75) is 51.1 Å². The quantitative estimate of drug-likeness (QED) is 0.657. The van der Waals surface area contributed by atoms with E-state index in [2.05, 4.69) is 0 Å². The van der Waals surface area contributed by atoms with Crippen molar-refractivity contribution in [3.05, 3.63) is 0 Å². The molecule has 4 heteroatoms. The summed E-state index contributed by atoms with van der Waals surface area (Å²) in [5.74, 6) is -0.965. The van der Waals surface area contributed by atoms with Crippen molar-refractivity contribution in [2.24, 2.45) is 0 Å². The fraction of sp³-hybridized carbons (Fsp3) is 0.889. The van der Waals surface area contributed by atoms with E-state index in [1.165, 1.54) is 13.3 Å². The summed E-state index contributed by atoms with van der Waals surface area (Å²) in [6.45, 7) is 1.51. The molecule has 1 atom stereocenters. The third-order valence-corrected chi connectivity index (χ3v) is 2.70. The van der Waals surface area contributed by atoms with Crippen molar-refractivity contribution in [2.75, 3.05) is 0 Å². The van der Waals surface area contributed by atoms with E-state index in [0.29, 0.717) is 0 Å². The molecule has 1 rings (SSSR count). The Hall–Kier alpha value is -0.610. The highest BCUT2D eigenvalue weighted by molar-refractivity contribution is 5.72. The first-order valence-electron chi connectivity index (χ1n) is 4.83. The maximum atomic E-state index is 10.6. The summed E-state index contributed by atoms with van der Waals surface area (Å²) in [6.07, 6.45) is 5.20. The molecule has 0 radical (unpaired) electrons. The van der Waals surface area contributed by atoms with Gasteiger partial charge in [0.15, 0.2) is 0 Å². The van der Waals surface area contributed by atoms with Gasteiger partial charge in [0.1, 0.15) is 6.04 Å². The molecule has 1 aliphatic carbocycles. The molecule has 1 aliphatic rings. The van der Waals surface area contributed by atoms with E-state index >= 15 is 0 Å². The molecular weight excluding hydrogens is 170 g/mol. The van der Waals surface area contributed by atoms with Crippen LogP contribution in [-0.4, -0.2) is 33.4 Å². The second-order valence-corrected chi connectivity index (χ2v) is 3.69. The van der Waals surface area contributed by atoms with Gasteiger partial charge in [-0.2, -0.15) is 5.06 Å². The van der Waals surface area contributed by atoms with Gasteiger partial charge in [0, 0.05) is 6.04 Å². The summed E-state index contributed by atoms with van der Waals surface area (Å²) in [5, 5.41) is 19.2. The van der Waals surface area contributed by atoms with Crippen LogP contribution in [0.3, 0.4) is 0 Å². The van der Waals surface area contributed by atoms with E-state index in [0.717, 1.165) is 30.7 Å². The fourth-order valence-corrected chi connectivity index (χ4v) is 1.77. The van der Waals surface area contributed by atoms with Crippen LogP contribution in [0.2, 0.25) is 0 Å². The summed E-state index contributed by atoms with van der Waals surface area (Å²) in [6, 6.07) is -0.747. The highest BCUT2D eigenvalue weighted by atomic mass is 16.5. The van der Waals surface area contributed by atoms with Gasteiger partial charge < -0.3 is 10.3 Å². The van der Waals surface area contributed by atoms with Crippen molar-refractivity contribution in [3.8, 4) is 0 Å². The lowest BCUT2D eigenvalue weighted by atomic mass is 9.94. The van der Waals surface area contributed by atoms with Gasteiger partial charge in [-0.3, -0.25) is 4.79 Å². The highest BCUT2D eigenvalue weighted by Crippen LogP contribution is 2.22. The molecule has 0 saturated heterocycles. The van der Waals surface area contributed by atoms with Crippen LogP contribution in [0.4, 0.5) is 0 Å². The van der Waals surface area contributed by atoms with Crippen LogP contribution in [0.15, 0.2) is 0 Å². The summed E-state index contributed by atoms with van der Waals surface area (Å²) in [5.41, 5.74) is 0. The zero-order valence-corrected chi connectivity index (χ0v) is 7.94. The predicted octanol–water partition coefficient (Wildman–Crippen LogP) is 1.48. The number of nitrogens with zero attached hydrogens (tertiary/aromatic N) is 1. The summed E-state index contributed by atoms with van der Waals surface area (Å²) < 4.78 is 0. The number of hydrogen-bond donors (Lipinski definition) is 2. The number of carbonyl (C=O) groups is 1. The topological polar surface area (TPSA) is 60.8 Å². The molecule has 4 nitrogen and oxygen atoms in total. The molecule has 0 aromatic rings. The molecule has 1 fully saturated rings. The molecule has 0 heterocycles. The Morgan fingerprint density at radius 3 is 2.38 bits per heavy atom.